The molecule has 1 aromatic heterocycles. The normalized spacial score (nSPS) is 16.5. The van der Waals surface area contributed by atoms with Crippen LogP contribution in [0.3, 0.4) is 0 Å². The van der Waals surface area contributed by atoms with Crippen molar-refractivity contribution in [1.82, 2.24) is 25.7 Å². The van der Waals surface area contributed by atoms with Gasteiger partial charge in [-0.3, -0.25) is 9.89 Å². The molecule has 0 fully saturated rings. The quantitative estimate of drug-likeness (QED) is 0.763. The van der Waals surface area contributed by atoms with E-state index in [9.17, 15) is 4.79 Å². The molecule has 0 saturated heterocycles. The number of nitrogens with one attached hydrogen (secondary N) is 3. The summed E-state index contributed by atoms with van der Waals surface area (Å²) in [7, 11) is 4.11. The fourth-order valence-corrected chi connectivity index (χ4v) is 2.75. The van der Waals surface area contributed by atoms with E-state index in [0.29, 0.717) is 12.2 Å². The van der Waals surface area contributed by atoms with Gasteiger partial charge in [-0.25, -0.2) is 0 Å². The molecule has 1 aromatic rings. The van der Waals surface area contributed by atoms with Crippen molar-refractivity contribution in [3.05, 3.63) is 17.0 Å². The highest BCUT2D eigenvalue weighted by Crippen LogP contribution is 2.23. The van der Waals surface area contributed by atoms with E-state index in [1.165, 1.54) is 0 Å². The Balaban J connectivity index is 2.09. The number of fused-ring (bicyclic) bond motifs is 1. The van der Waals surface area contributed by atoms with E-state index in [-0.39, 0.29) is 17.4 Å². The average Bonchev–Trinajstić information content (AvgIpc) is 2.85. The Hall–Kier alpha value is -1.40. The standard InChI is InChI=1S/C16H29N5O/c1-16(2,3)13(7-9-21(4)5)18-15(22)14-11-10-17-8-6-12(11)19-20-14/h13,17H,6-10H2,1-5H3,(H,18,22)(H,19,20). The molecule has 0 saturated carbocycles. The third kappa shape index (κ3) is 4.08. The van der Waals surface area contributed by atoms with Crippen molar-refractivity contribution in [1.29, 1.82) is 0 Å². The van der Waals surface area contributed by atoms with E-state index in [2.05, 4.69) is 60.6 Å². The van der Waals surface area contributed by atoms with Crippen molar-refractivity contribution in [2.75, 3.05) is 27.2 Å². The van der Waals surface area contributed by atoms with Crippen LogP contribution < -0.4 is 10.6 Å². The summed E-state index contributed by atoms with van der Waals surface area (Å²) < 4.78 is 0. The number of carbonyl (C=O) groups excluding carboxylic acids is 1. The van der Waals surface area contributed by atoms with Crippen molar-refractivity contribution < 1.29 is 4.79 Å². The number of carbonyl (C=O) groups is 1. The Morgan fingerprint density at radius 3 is 2.77 bits per heavy atom. The molecular weight excluding hydrogens is 278 g/mol. The minimum atomic E-state index is -0.0696. The largest absolute Gasteiger partial charge is 0.347 e. The number of aromatic amines is 1. The third-order valence-electron chi connectivity index (χ3n) is 4.24. The first kappa shape index (κ1) is 17.0. The van der Waals surface area contributed by atoms with Gasteiger partial charge < -0.3 is 15.5 Å². The number of hydrogen-bond donors (Lipinski definition) is 3. The number of aromatic nitrogens is 2. The second-order valence-electron chi connectivity index (χ2n) is 7.44. The number of hydrogen-bond acceptors (Lipinski definition) is 4. The summed E-state index contributed by atoms with van der Waals surface area (Å²) in [4.78, 5) is 14.8. The van der Waals surface area contributed by atoms with Crippen LogP contribution in [0.25, 0.3) is 0 Å². The van der Waals surface area contributed by atoms with Crippen LogP contribution in [0, 0.1) is 5.41 Å². The molecule has 1 aliphatic rings. The summed E-state index contributed by atoms with van der Waals surface area (Å²) in [6.07, 6.45) is 1.83. The zero-order valence-corrected chi connectivity index (χ0v) is 14.4. The van der Waals surface area contributed by atoms with E-state index in [4.69, 9.17) is 0 Å². The fraction of sp³-hybridized carbons (Fsp3) is 0.750. The van der Waals surface area contributed by atoms with Crippen molar-refractivity contribution in [2.24, 2.45) is 5.41 Å². The summed E-state index contributed by atoms with van der Waals surface area (Å²) in [6.45, 7) is 9.08. The Kier molecular flexibility index (Phi) is 5.24. The monoisotopic (exact) mass is 307 g/mol. The van der Waals surface area contributed by atoms with Gasteiger partial charge in [0.15, 0.2) is 5.69 Å². The number of rotatable bonds is 5. The lowest BCUT2D eigenvalue weighted by Gasteiger charge is -2.32. The van der Waals surface area contributed by atoms with Gasteiger partial charge >= 0.3 is 0 Å². The highest BCUT2D eigenvalue weighted by atomic mass is 16.2. The van der Waals surface area contributed by atoms with Crippen molar-refractivity contribution >= 4 is 5.91 Å². The van der Waals surface area contributed by atoms with Crippen LogP contribution >= 0.6 is 0 Å². The van der Waals surface area contributed by atoms with Crippen molar-refractivity contribution in [2.45, 2.75) is 46.2 Å². The summed E-state index contributed by atoms with van der Waals surface area (Å²) in [5.41, 5.74) is 2.66. The number of amides is 1. The van der Waals surface area contributed by atoms with Crippen molar-refractivity contribution in [3.63, 3.8) is 0 Å². The first-order valence-electron chi connectivity index (χ1n) is 8.01. The van der Waals surface area contributed by atoms with Gasteiger partial charge in [-0.15, -0.1) is 0 Å². The lowest BCUT2D eigenvalue weighted by atomic mass is 9.84. The van der Waals surface area contributed by atoms with Crippen LogP contribution in [0.5, 0.6) is 0 Å². The summed E-state index contributed by atoms with van der Waals surface area (Å²) in [5.74, 6) is -0.0696. The molecule has 1 unspecified atom stereocenters. The molecule has 3 N–H and O–H groups in total. The van der Waals surface area contributed by atoms with Crippen LogP contribution in [0.1, 0.15) is 48.9 Å². The molecule has 2 heterocycles. The zero-order chi connectivity index (χ0) is 16.3. The van der Waals surface area contributed by atoms with Crippen LogP contribution in [-0.2, 0) is 13.0 Å². The average molecular weight is 307 g/mol. The highest BCUT2D eigenvalue weighted by Gasteiger charge is 2.29. The lowest BCUT2D eigenvalue weighted by Crippen LogP contribution is -2.45. The van der Waals surface area contributed by atoms with Crippen molar-refractivity contribution in [3.8, 4) is 0 Å². The van der Waals surface area contributed by atoms with Crippen LogP contribution in [-0.4, -0.2) is 54.2 Å². The zero-order valence-electron chi connectivity index (χ0n) is 14.4. The van der Waals surface area contributed by atoms with Gasteiger partial charge in [0.2, 0.25) is 0 Å². The molecular formula is C16H29N5O. The predicted molar refractivity (Wildman–Crippen MR) is 87.9 cm³/mol. The Bertz CT molecular complexity index is 515. The molecule has 1 aliphatic heterocycles. The Morgan fingerprint density at radius 2 is 2.14 bits per heavy atom. The molecule has 0 bridgehead atoms. The van der Waals surface area contributed by atoms with E-state index in [1.54, 1.807) is 0 Å². The number of nitrogens with zero attached hydrogens (tertiary/aromatic N) is 2. The third-order valence-corrected chi connectivity index (χ3v) is 4.24. The summed E-state index contributed by atoms with van der Waals surface area (Å²) >= 11 is 0. The molecule has 0 aromatic carbocycles. The van der Waals surface area contributed by atoms with E-state index in [0.717, 1.165) is 37.2 Å². The lowest BCUT2D eigenvalue weighted by molar-refractivity contribution is 0.0886. The molecule has 6 heteroatoms. The SMILES string of the molecule is CN(C)CCC(NC(=O)c1n[nH]c2c1CNCC2)C(C)(C)C. The molecule has 1 amide bonds. The van der Waals surface area contributed by atoms with Gasteiger partial charge in [0.25, 0.3) is 5.91 Å². The fourth-order valence-electron chi connectivity index (χ4n) is 2.75. The van der Waals surface area contributed by atoms with Gasteiger partial charge in [-0.05, 0) is 32.5 Å². The maximum atomic E-state index is 12.6. The smallest absolute Gasteiger partial charge is 0.272 e. The topological polar surface area (TPSA) is 73.0 Å². The first-order valence-corrected chi connectivity index (χ1v) is 8.01. The molecule has 1 atom stereocenters. The predicted octanol–water partition coefficient (Wildman–Crippen LogP) is 1.15. The van der Waals surface area contributed by atoms with Gasteiger partial charge in [0.05, 0.1) is 0 Å². The van der Waals surface area contributed by atoms with Gasteiger partial charge in [-0.1, -0.05) is 20.8 Å². The van der Waals surface area contributed by atoms with E-state index in [1.807, 2.05) is 0 Å². The van der Waals surface area contributed by atoms with Gasteiger partial charge in [0, 0.05) is 36.8 Å². The number of H-pyrrole nitrogens is 1. The highest BCUT2D eigenvalue weighted by molar-refractivity contribution is 5.94. The summed E-state index contributed by atoms with van der Waals surface area (Å²) in [6, 6.07) is 0.117. The van der Waals surface area contributed by atoms with Gasteiger partial charge in [0.1, 0.15) is 0 Å². The molecule has 2 rings (SSSR count). The second kappa shape index (κ2) is 6.79. The second-order valence-corrected chi connectivity index (χ2v) is 7.44. The minimum absolute atomic E-state index is 0.0142. The molecule has 6 nitrogen and oxygen atoms in total. The molecule has 0 aliphatic carbocycles. The van der Waals surface area contributed by atoms with Crippen LogP contribution in [0.15, 0.2) is 0 Å². The molecule has 124 valence electrons. The molecule has 22 heavy (non-hydrogen) atoms. The van der Waals surface area contributed by atoms with E-state index >= 15 is 0 Å². The van der Waals surface area contributed by atoms with Crippen LogP contribution in [0.2, 0.25) is 0 Å². The maximum absolute atomic E-state index is 12.6. The van der Waals surface area contributed by atoms with E-state index < -0.39 is 0 Å². The minimum Gasteiger partial charge on any atom is -0.347 e. The van der Waals surface area contributed by atoms with Crippen LogP contribution in [0.4, 0.5) is 0 Å². The Labute approximate surface area is 133 Å². The summed E-state index contributed by atoms with van der Waals surface area (Å²) in [5, 5.41) is 13.7. The maximum Gasteiger partial charge on any atom is 0.272 e. The Morgan fingerprint density at radius 1 is 1.41 bits per heavy atom. The first-order chi connectivity index (χ1) is 10.3. The molecule has 0 radical (unpaired) electrons. The molecule has 0 spiro atoms. The van der Waals surface area contributed by atoms with Gasteiger partial charge in [-0.2, -0.15) is 5.10 Å².